The molecule has 2 fully saturated rings. The van der Waals surface area contributed by atoms with E-state index in [9.17, 15) is 4.79 Å². The zero-order valence-electron chi connectivity index (χ0n) is 7.95. The molecule has 0 spiro atoms. The topological polar surface area (TPSA) is 26.3 Å². The number of ether oxygens (including phenoxy) is 1. The maximum Gasteiger partial charge on any atom is 0.311 e. The van der Waals surface area contributed by atoms with Crippen LogP contribution in [0.4, 0.5) is 0 Å². The highest BCUT2D eigenvalue weighted by atomic mass is 35.5. The van der Waals surface area contributed by atoms with Gasteiger partial charge in [0, 0.05) is 5.92 Å². The normalized spacial score (nSPS) is 50.8. The molecule has 0 aromatic rings. The Balaban J connectivity index is 2.32. The lowest BCUT2D eigenvalue weighted by Gasteiger charge is -2.33. The van der Waals surface area contributed by atoms with Crippen LogP contribution in [0, 0.1) is 11.8 Å². The number of allylic oxidation sites excluding steroid dienone is 2. The molecule has 94 valence electrons. The predicted octanol–water partition coefficient (Wildman–Crippen LogP) is 3.62. The van der Waals surface area contributed by atoms with Crippen LogP contribution >= 0.6 is 69.6 Å². The monoisotopic (exact) mass is 354 g/mol. The van der Waals surface area contributed by atoms with Gasteiger partial charge in [-0.2, -0.15) is 0 Å². The second-order valence-corrected chi connectivity index (χ2v) is 7.62. The smallest absolute Gasteiger partial charge is 0.311 e. The van der Waals surface area contributed by atoms with Gasteiger partial charge < -0.3 is 4.74 Å². The fourth-order valence-corrected chi connectivity index (χ4v) is 5.88. The number of fused-ring (bicyclic) bond motifs is 5. The van der Waals surface area contributed by atoms with Crippen molar-refractivity contribution in [2.24, 2.45) is 11.8 Å². The van der Waals surface area contributed by atoms with Crippen molar-refractivity contribution in [3.63, 3.8) is 0 Å². The summed E-state index contributed by atoms with van der Waals surface area (Å²) in [5.41, 5.74) is 0. The molecule has 1 aliphatic heterocycles. The Morgan fingerprint density at radius 2 is 1.59 bits per heavy atom. The Morgan fingerprint density at radius 3 is 2.18 bits per heavy atom. The predicted molar refractivity (Wildman–Crippen MR) is 68.3 cm³/mol. The summed E-state index contributed by atoms with van der Waals surface area (Å²) >= 11 is 37.5. The van der Waals surface area contributed by atoms with E-state index in [1.807, 2.05) is 0 Å². The zero-order chi connectivity index (χ0) is 12.8. The molecule has 1 saturated heterocycles. The van der Waals surface area contributed by atoms with Gasteiger partial charge in [0.25, 0.3) is 0 Å². The molecule has 2 aliphatic carbocycles. The highest BCUT2D eigenvalue weighted by Crippen LogP contribution is 2.77. The minimum Gasteiger partial charge on any atom is -0.465 e. The molecule has 4 atom stereocenters. The van der Waals surface area contributed by atoms with E-state index in [1.54, 1.807) is 0 Å². The van der Waals surface area contributed by atoms with Gasteiger partial charge in [0.05, 0.1) is 22.6 Å². The Bertz CT molecular complexity index is 474. The standard InChI is InChI=1S/C9H4Cl6O2/c10-4-5(11)8(13)3-2(1-17-6(3)16)7(4,12)9(8,14)15/h2-3H,1H2/t2-,3+,7+,8+/m0/s1. The first-order valence-electron chi connectivity index (χ1n) is 4.69. The van der Waals surface area contributed by atoms with Crippen molar-refractivity contribution in [2.45, 2.75) is 14.1 Å². The fraction of sp³-hybridized carbons (Fsp3) is 0.667. The average Bonchev–Trinajstić information content (AvgIpc) is 2.73. The third-order valence-corrected chi connectivity index (χ3v) is 8.05. The molecule has 0 amide bonds. The van der Waals surface area contributed by atoms with Crippen LogP contribution in [-0.4, -0.2) is 26.7 Å². The van der Waals surface area contributed by atoms with Crippen molar-refractivity contribution in [3.8, 4) is 0 Å². The summed E-state index contributed by atoms with van der Waals surface area (Å²) in [7, 11) is 0. The molecule has 0 N–H and O–H groups in total. The Morgan fingerprint density at radius 1 is 1.06 bits per heavy atom. The number of rotatable bonds is 0. The van der Waals surface area contributed by atoms with Crippen molar-refractivity contribution in [1.82, 2.24) is 0 Å². The van der Waals surface area contributed by atoms with Gasteiger partial charge in [0.15, 0.2) is 4.33 Å². The second kappa shape index (κ2) is 3.34. The fourth-order valence-electron chi connectivity index (χ4n) is 2.89. The van der Waals surface area contributed by atoms with Gasteiger partial charge in [-0.25, -0.2) is 0 Å². The molecule has 1 heterocycles. The molecule has 0 aromatic carbocycles. The van der Waals surface area contributed by atoms with Crippen molar-refractivity contribution in [3.05, 3.63) is 10.1 Å². The number of hydrogen-bond donors (Lipinski definition) is 0. The van der Waals surface area contributed by atoms with Gasteiger partial charge in [-0.3, -0.25) is 4.79 Å². The van der Waals surface area contributed by atoms with Gasteiger partial charge in [0.2, 0.25) is 0 Å². The van der Waals surface area contributed by atoms with E-state index in [2.05, 4.69) is 0 Å². The summed E-state index contributed by atoms with van der Waals surface area (Å²) in [6, 6.07) is 0. The van der Waals surface area contributed by atoms with Crippen LogP contribution in [0.2, 0.25) is 0 Å². The first-order chi connectivity index (χ1) is 7.70. The van der Waals surface area contributed by atoms with Crippen LogP contribution in [0.1, 0.15) is 0 Å². The van der Waals surface area contributed by atoms with Crippen LogP contribution in [0.15, 0.2) is 10.1 Å². The summed E-state index contributed by atoms with van der Waals surface area (Å²) < 4.78 is 3.31. The molecule has 0 aromatic heterocycles. The van der Waals surface area contributed by atoms with E-state index >= 15 is 0 Å². The second-order valence-electron chi connectivity index (χ2n) is 4.34. The van der Waals surface area contributed by atoms with Gasteiger partial charge in [-0.15, -0.1) is 23.2 Å². The summed E-state index contributed by atoms with van der Waals surface area (Å²) in [6.07, 6.45) is 0. The van der Waals surface area contributed by atoms with E-state index in [0.29, 0.717) is 0 Å². The van der Waals surface area contributed by atoms with E-state index in [1.165, 1.54) is 0 Å². The first kappa shape index (κ1) is 13.0. The Kier molecular flexibility index (Phi) is 2.54. The number of hydrogen-bond acceptors (Lipinski definition) is 2. The largest absolute Gasteiger partial charge is 0.465 e. The van der Waals surface area contributed by atoms with Gasteiger partial charge in [-0.05, 0) is 0 Å². The quantitative estimate of drug-likeness (QED) is 0.489. The minimum absolute atomic E-state index is 0.0286. The summed E-state index contributed by atoms with van der Waals surface area (Å²) in [4.78, 5) is 8.83. The molecule has 3 rings (SSSR count). The van der Waals surface area contributed by atoms with Crippen molar-refractivity contribution < 1.29 is 9.53 Å². The molecular formula is C9H4Cl6O2. The Labute approximate surface area is 127 Å². The third kappa shape index (κ3) is 1.05. The van der Waals surface area contributed by atoms with Crippen molar-refractivity contribution in [1.29, 1.82) is 0 Å². The average molecular weight is 357 g/mol. The highest BCUT2D eigenvalue weighted by molar-refractivity contribution is 6.66. The zero-order valence-corrected chi connectivity index (χ0v) is 12.5. The number of carbonyl (C=O) groups excluding carboxylic acids is 1. The van der Waals surface area contributed by atoms with Crippen molar-refractivity contribution >= 4 is 75.6 Å². The maximum absolute atomic E-state index is 11.7. The van der Waals surface area contributed by atoms with Crippen LogP contribution < -0.4 is 0 Å². The summed E-state index contributed by atoms with van der Waals surface area (Å²) in [5.74, 6) is -1.74. The molecule has 2 nitrogen and oxygen atoms in total. The number of halogens is 6. The number of carbonyl (C=O) groups is 1. The van der Waals surface area contributed by atoms with Crippen LogP contribution in [0.5, 0.6) is 0 Å². The van der Waals surface area contributed by atoms with Gasteiger partial charge in [0.1, 0.15) is 9.75 Å². The molecule has 0 radical (unpaired) electrons. The van der Waals surface area contributed by atoms with Crippen LogP contribution in [0.25, 0.3) is 0 Å². The van der Waals surface area contributed by atoms with E-state index in [0.717, 1.165) is 0 Å². The molecule has 0 unspecified atom stereocenters. The number of alkyl halides is 4. The van der Waals surface area contributed by atoms with Crippen molar-refractivity contribution in [2.75, 3.05) is 6.61 Å². The molecule has 1 saturated carbocycles. The lowest BCUT2D eigenvalue weighted by molar-refractivity contribution is -0.141. The number of esters is 1. The highest BCUT2D eigenvalue weighted by Gasteiger charge is 2.85. The van der Waals surface area contributed by atoms with Gasteiger partial charge in [-0.1, -0.05) is 46.4 Å². The molecule has 3 aliphatic rings. The SMILES string of the molecule is O=C1OC[C@H]2[C@H]1[C@@]1(Cl)C(Cl)=C(Cl)[C@@]2(Cl)C1(Cl)Cl. The first-order valence-corrected chi connectivity index (χ1v) is 6.96. The van der Waals surface area contributed by atoms with E-state index < -0.39 is 31.9 Å². The third-order valence-electron chi connectivity index (χ3n) is 3.75. The molecule has 17 heavy (non-hydrogen) atoms. The van der Waals surface area contributed by atoms with Crippen LogP contribution in [0.3, 0.4) is 0 Å². The van der Waals surface area contributed by atoms with Crippen LogP contribution in [-0.2, 0) is 9.53 Å². The minimum atomic E-state index is -1.65. The lowest BCUT2D eigenvalue weighted by atomic mass is 9.84. The van der Waals surface area contributed by atoms with Gasteiger partial charge >= 0.3 is 5.97 Å². The number of cyclic esters (lactones) is 1. The molecule has 8 heteroatoms. The maximum atomic E-state index is 11.7. The lowest BCUT2D eigenvalue weighted by Crippen LogP contribution is -2.46. The summed E-state index contributed by atoms with van der Waals surface area (Å²) in [5, 5.41) is 0.126. The van der Waals surface area contributed by atoms with E-state index in [-0.39, 0.29) is 16.7 Å². The summed E-state index contributed by atoms with van der Waals surface area (Å²) in [6.45, 7) is 0.0864. The Hall–Kier alpha value is 0.950. The molecular weight excluding hydrogens is 353 g/mol. The van der Waals surface area contributed by atoms with E-state index in [4.69, 9.17) is 74.3 Å². The molecule has 2 bridgehead atoms.